The lowest BCUT2D eigenvalue weighted by molar-refractivity contribution is -0.137. The maximum atomic E-state index is 11.6. The van der Waals surface area contributed by atoms with E-state index in [1.54, 1.807) is 0 Å². The topological polar surface area (TPSA) is 79.3 Å². The minimum Gasteiger partial charge on any atom is -0.481 e. The Kier molecular flexibility index (Phi) is 6.49. The van der Waals surface area contributed by atoms with Gasteiger partial charge in [0.05, 0.1) is 18.5 Å². The van der Waals surface area contributed by atoms with Crippen molar-refractivity contribution in [3.8, 4) is 0 Å². The number of aliphatic carboxylic acids is 1. The average molecular weight is 284 g/mol. The third-order valence-corrected chi connectivity index (χ3v) is 3.88. The highest BCUT2D eigenvalue weighted by Crippen LogP contribution is 2.20. The molecule has 2 N–H and O–H groups in total. The number of aromatic nitrogens is 1. The molecule has 1 aromatic heterocycles. The van der Waals surface area contributed by atoms with Gasteiger partial charge < -0.3 is 10.4 Å². The van der Waals surface area contributed by atoms with Gasteiger partial charge in [-0.05, 0) is 19.8 Å². The van der Waals surface area contributed by atoms with Gasteiger partial charge in [0, 0.05) is 11.4 Å². The molecule has 0 saturated carbocycles. The third kappa shape index (κ3) is 5.83. The highest BCUT2D eigenvalue weighted by molar-refractivity contribution is 7.11. The van der Waals surface area contributed by atoms with Gasteiger partial charge in [-0.15, -0.1) is 11.3 Å². The van der Waals surface area contributed by atoms with Crippen molar-refractivity contribution in [3.05, 3.63) is 15.6 Å². The van der Waals surface area contributed by atoms with Crippen molar-refractivity contribution in [2.75, 3.05) is 6.54 Å². The van der Waals surface area contributed by atoms with Crippen molar-refractivity contribution < 1.29 is 14.7 Å². The molecule has 1 aromatic rings. The lowest BCUT2D eigenvalue weighted by atomic mass is 10.2. The van der Waals surface area contributed by atoms with E-state index < -0.39 is 5.97 Å². The Morgan fingerprint density at radius 1 is 1.42 bits per heavy atom. The maximum Gasteiger partial charge on any atom is 0.303 e. The Bertz CT molecular complexity index is 443. The average Bonchev–Trinajstić information content (AvgIpc) is 2.67. The Morgan fingerprint density at radius 3 is 2.79 bits per heavy atom. The molecule has 0 aromatic carbocycles. The summed E-state index contributed by atoms with van der Waals surface area (Å²) >= 11 is 1.43. The predicted molar refractivity (Wildman–Crippen MR) is 74.4 cm³/mol. The van der Waals surface area contributed by atoms with Gasteiger partial charge in [-0.1, -0.05) is 13.3 Å². The van der Waals surface area contributed by atoms with E-state index >= 15 is 0 Å². The zero-order chi connectivity index (χ0) is 14.3. The molecule has 6 heteroatoms. The molecule has 1 heterocycles. The van der Waals surface area contributed by atoms with Crippen LogP contribution in [0.5, 0.6) is 0 Å². The van der Waals surface area contributed by atoms with Gasteiger partial charge >= 0.3 is 5.97 Å². The summed E-state index contributed by atoms with van der Waals surface area (Å²) in [7, 11) is 0. The Labute approximate surface area is 117 Å². The zero-order valence-corrected chi connectivity index (χ0v) is 12.2. The number of hydrogen-bond acceptors (Lipinski definition) is 4. The zero-order valence-electron chi connectivity index (χ0n) is 11.4. The van der Waals surface area contributed by atoms with Gasteiger partial charge in [0.25, 0.3) is 0 Å². The van der Waals surface area contributed by atoms with Crippen LogP contribution in [0, 0.1) is 6.92 Å². The lowest BCUT2D eigenvalue weighted by Crippen LogP contribution is -2.25. The van der Waals surface area contributed by atoms with E-state index in [9.17, 15) is 9.59 Å². The molecule has 0 radical (unpaired) electrons. The van der Waals surface area contributed by atoms with Crippen LogP contribution in [0.4, 0.5) is 0 Å². The second kappa shape index (κ2) is 7.89. The second-order valence-electron chi connectivity index (χ2n) is 4.39. The molecule has 0 aliphatic carbocycles. The van der Waals surface area contributed by atoms with Crippen LogP contribution in [0.3, 0.4) is 0 Å². The number of carboxylic acid groups (broad SMARTS) is 1. The summed E-state index contributed by atoms with van der Waals surface area (Å²) in [6, 6.07) is 0. The van der Waals surface area contributed by atoms with Gasteiger partial charge in [-0.25, -0.2) is 4.98 Å². The highest BCUT2D eigenvalue weighted by atomic mass is 32.1. The molecule has 0 bridgehead atoms. The van der Waals surface area contributed by atoms with Crippen LogP contribution in [-0.4, -0.2) is 28.5 Å². The largest absolute Gasteiger partial charge is 0.481 e. The van der Waals surface area contributed by atoms with Crippen molar-refractivity contribution in [2.45, 2.75) is 46.0 Å². The van der Waals surface area contributed by atoms with E-state index in [-0.39, 0.29) is 18.7 Å². The van der Waals surface area contributed by atoms with Gasteiger partial charge in [0.1, 0.15) is 5.01 Å². The van der Waals surface area contributed by atoms with E-state index in [2.05, 4.69) is 17.2 Å². The number of carboxylic acids is 1. The molecule has 0 spiro atoms. The molecular formula is C13H20N2O3S. The number of aryl methyl sites for hydroxylation is 2. The van der Waals surface area contributed by atoms with Crippen molar-refractivity contribution >= 4 is 23.2 Å². The first kappa shape index (κ1) is 15.6. The molecule has 0 saturated heterocycles. The summed E-state index contributed by atoms with van der Waals surface area (Å²) in [4.78, 5) is 27.4. The Balaban J connectivity index is 2.48. The van der Waals surface area contributed by atoms with Crippen LogP contribution in [0.25, 0.3) is 0 Å². The standard InChI is InChI=1S/C13H20N2O3S/c1-3-4-7-14-11(16)8-12-15-9(2)10(19-12)5-6-13(17)18/h3-8H2,1-2H3,(H,14,16)(H,17,18). The van der Waals surface area contributed by atoms with Crippen LogP contribution in [0.2, 0.25) is 0 Å². The molecule has 0 aliphatic rings. The Hall–Kier alpha value is -1.43. The summed E-state index contributed by atoms with van der Waals surface area (Å²) in [6.45, 7) is 4.63. The number of nitrogens with one attached hydrogen (secondary N) is 1. The summed E-state index contributed by atoms with van der Waals surface area (Å²) in [5, 5.41) is 12.3. The number of nitrogens with zero attached hydrogens (tertiary/aromatic N) is 1. The van der Waals surface area contributed by atoms with Crippen LogP contribution in [0.1, 0.15) is 41.8 Å². The molecule has 19 heavy (non-hydrogen) atoms. The summed E-state index contributed by atoms with van der Waals surface area (Å²) in [5.74, 6) is -0.835. The fourth-order valence-corrected chi connectivity index (χ4v) is 2.69. The number of thiazole rings is 1. The fourth-order valence-electron chi connectivity index (χ4n) is 1.62. The SMILES string of the molecule is CCCCNC(=O)Cc1nc(C)c(CCC(=O)O)s1. The quantitative estimate of drug-likeness (QED) is 0.715. The highest BCUT2D eigenvalue weighted by Gasteiger charge is 2.12. The number of hydrogen-bond donors (Lipinski definition) is 2. The van der Waals surface area contributed by atoms with Crippen molar-refractivity contribution in [1.82, 2.24) is 10.3 Å². The monoisotopic (exact) mass is 284 g/mol. The molecule has 0 atom stereocenters. The number of rotatable bonds is 8. The smallest absolute Gasteiger partial charge is 0.303 e. The predicted octanol–water partition coefficient (Wildman–Crippen LogP) is 1.93. The van der Waals surface area contributed by atoms with Gasteiger partial charge in [-0.2, -0.15) is 0 Å². The number of unbranched alkanes of at least 4 members (excludes halogenated alkanes) is 1. The fraction of sp³-hybridized carbons (Fsp3) is 0.615. The first-order chi connectivity index (χ1) is 9.02. The van der Waals surface area contributed by atoms with Crippen molar-refractivity contribution in [3.63, 3.8) is 0 Å². The van der Waals surface area contributed by atoms with Crippen LogP contribution >= 0.6 is 11.3 Å². The summed E-state index contributed by atoms with van der Waals surface area (Å²) in [5.41, 5.74) is 0.836. The van der Waals surface area contributed by atoms with E-state index in [1.165, 1.54) is 11.3 Å². The van der Waals surface area contributed by atoms with Crippen molar-refractivity contribution in [2.24, 2.45) is 0 Å². The van der Waals surface area contributed by atoms with Crippen molar-refractivity contribution in [1.29, 1.82) is 0 Å². The van der Waals surface area contributed by atoms with Gasteiger partial charge in [-0.3, -0.25) is 9.59 Å². The lowest BCUT2D eigenvalue weighted by Gasteiger charge is -2.01. The minimum absolute atomic E-state index is 0.0213. The van der Waals surface area contributed by atoms with Crippen LogP contribution in [-0.2, 0) is 22.4 Å². The van der Waals surface area contributed by atoms with Crippen LogP contribution in [0.15, 0.2) is 0 Å². The molecule has 0 aliphatic heterocycles. The van der Waals surface area contributed by atoms with Crippen LogP contribution < -0.4 is 5.32 Å². The minimum atomic E-state index is -0.813. The van der Waals surface area contributed by atoms with E-state index in [4.69, 9.17) is 5.11 Å². The normalized spacial score (nSPS) is 10.4. The molecule has 1 amide bonds. The number of carbonyl (C=O) groups excluding carboxylic acids is 1. The second-order valence-corrected chi connectivity index (χ2v) is 5.56. The van der Waals surface area contributed by atoms with Gasteiger partial charge in [0.2, 0.25) is 5.91 Å². The Morgan fingerprint density at radius 2 is 2.16 bits per heavy atom. The third-order valence-electron chi connectivity index (χ3n) is 2.67. The summed E-state index contributed by atoms with van der Waals surface area (Å²) < 4.78 is 0. The van der Waals surface area contributed by atoms with E-state index in [0.717, 1.165) is 28.4 Å². The molecule has 5 nitrogen and oxygen atoms in total. The number of carbonyl (C=O) groups is 2. The first-order valence-corrected chi connectivity index (χ1v) is 7.28. The molecule has 0 fully saturated rings. The van der Waals surface area contributed by atoms with E-state index in [1.807, 2.05) is 6.92 Å². The maximum absolute atomic E-state index is 11.6. The molecule has 106 valence electrons. The number of amides is 1. The molecule has 0 unspecified atom stereocenters. The first-order valence-electron chi connectivity index (χ1n) is 6.46. The molecule has 1 rings (SSSR count). The summed E-state index contributed by atoms with van der Waals surface area (Å²) in [6.07, 6.45) is 2.90. The van der Waals surface area contributed by atoms with Gasteiger partial charge in [0.15, 0.2) is 0 Å². The van der Waals surface area contributed by atoms with E-state index in [0.29, 0.717) is 13.0 Å². The molecular weight excluding hydrogens is 264 g/mol.